The molecule has 26 valence electrons. The van der Waals surface area contributed by atoms with Crippen LogP contribution >= 0.6 is 19.1 Å². The number of hydrogen-bond donors (Lipinski definition) is 2. The average Bonchev–Trinajstić information content (AvgIpc) is 0.722. The first-order chi connectivity index (χ1) is 2.00. The largest absolute Gasteiger partial charge is 0.312 e. The van der Waals surface area contributed by atoms with Crippen molar-refractivity contribution in [3.8, 4) is 0 Å². The molecule has 0 aliphatic rings. The molecular weight excluding hydrogens is 89.1 g/mol. The number of thiol groups is 1. The Morgan fingerprint density at radius 2 is 2.50 bits per heavy atom. The molecule has 0 spiro atoms. The molecular formula is CH6NPS. The highest BCUT2D eigenvalue weighted by Crippen LogP contribution is 2.18. The predicted molar refractivity (Wildman–Crippen MR) is 25.9 cm³/mol. The third-order valence-electron chi connectivity index (χ3n) is 0. The fourth-order valence-electron chi connectivity index (χ4n) is 0. The molecule has 0 aromatic carbocycles. The van der Waals surface area contributed by atoms with Crippen LogP contribution in [0.5, 0.6) is 0 Å². The van der Waals surface area contributed by atoms with E-state index in [1.54, 1.807) is 0 Å². The van der Waals surface area contributed by atoms with E-state index in [0.717, 1.165) is 0 Å². The van der Waals surface area contributed by atoms with Gasteiger partial charge in [-0.25, -0.2) is 0 Å². The van der Waals surface area contributed by atoms with Gasteiger partial charge in [0.05, 0.1) is 1.28 Å². The highest BCUT2D eigenvalue weighted by atomic mass is 32.7. The summed E-state index contributed by atoms with van der Waals surface area (Å²) in [5.41, 5.74) is 0. The van der Waals surface area contributed by atoms with E-state index in [9.17, 15) is 0 Å². The van der Waals surface area contributed by atoms with Gasteiger partial charge in [-0.3, -0.25) is 0 Å². The standard InChI is InChI=1S/CH6NPS/c1-3(2)4/h3H,1H3,(H2,2,4)/i3T. The summed E-state index contributed by atoms with van der Waals surface area (Å²) in [7, 11) is 0. The molecule has 0 fully saturated rings. The number of rotatable bonds is 0. The van der Waals surface area contributed by atoms with Gasteiger partial charge in [-0.15, -0.1) is 12.2 Å². The minimum absolute atomic E-state index is 1.50. The van der Waals surface area contributed by atoms with Crippen LogP contribution in [0.1, 0.15) is 0 Å². The minimum atomic E-state index is -2.19. The van der Waals surface area contributed by atoms with E-state index in [1.165, 1.54) is 6.66 Å². The average molecular weight is 97.1 g/mol. The van der Waals surface area contributed by atoms with Crippen molar-refractivity contribution in [1.29, 1.82) is 6.44 Å². The Morgan fingerprint density at radius 1 is 2.50 bits per heavy atom. The van der Waals surface area contributed by atoms with Gasteiger partial charge in [0.2, 0.25) is 0 Å². The Balaban J connectivity index is 3.47. The van der Waals surface area contributed by atoms with Crippen molar-refractivity contribution in [2.75, 3.05) is 6.66 Å². The third kappa shape index (κ3) is 19.1. The van der Waals surface area contributed by atoms with Crippen molar-refractivity contribution in [2.45, 2.75) is 0 Å². The summed E-state index contributed by atoms with van der Waals surface area (Å²) >= 11 is 3.57. The molecule has 1 atom stereocenters. The molecule has 0 aliphatic carbocycles. The molecule has 3 heteroatoms. The van der Waals surface area contributed by atoms with Gasteiger partial charge in [0.1, 0.15) is 0 Å². The summed E-state index contributed by atoms with van der Waals surface area (Å²) in [4.78, 5) is 0. The zero-order chi connectivity index (χ0) is 4.50. The van der Waals surface area contributed by atoms with Crippen LogP contribution in [0.2, 0.25) is 0 Å². The first-order valence-electron chi connectivity index (χ1n) is 1.32. The molecule has 0 aromatic heterocycles. The fraction of sp³-hybridized carbons (Fsp3) is 1.00. The van der Waals surface area contributed by atoms with Crippen molar-refractivity contribution in [1.82, 2.24) is 0 Å². The maximum atomic E-state index is 6.58. The molecule has 0 saturated carbocycles. The van der Waals surface area contributed by atoms with Crippen LogP contribution in [0.25, 0.3) is 0 Å². The lowest BCUT2D eigenvalue weighted by molar-refractivity contribution is 1.64. The molecule has 1 N–H and O–H groups in total. The number of hydrogen-bond acceptors (Lipinski definition) is 1. The van der Waals surface area contributed by atoms with Crippen LogP contribution in [0, 0.1) is 5.16 Å². The lowest BCUT2D eigenvalue weighted by Gasteiger charge is -1.65. The van der Waals surface area contributed by atoms with E-state index in [4.69, 9.17) is 6.44 Å². The van der Waals surface area contributed by atoms with Crippen LogP contribution < -0.4 is 0 Å². The summed E-state index contributed by atoms with van der Waals surface area (Å²) in [6, 6.07) is 0. The SMILES string of the molecule is [3H]P(C)(=N)S. The van der Waals surface area contributed by atoms with E-state index in [0.29, 0.717) is 0 Å². The minimum Gasteiger partial charge on any atom is -0.312 e. The summed E-state index contributed by atoms with van der Waals surface area (Å²) in [6.07, 6.45) is 0. The van der Waals surface area contributed by atoms with Gasteiger partial charge in [0.25, 0.3) is 0 Å². The second kappa shape index (κ2) is 1.86. The van der Waals surface area contributed by atoms with E-state index < -0.39 is 6.86 Å². The van der Waals surface area contributed by atoms with Gasteiger partial charge in [0, 0.05) is 6.86 Å². The molecule has 0 saturated heterocycles. The van der Waals surface area contributed by atoms with Crippen LogP contribution in [0.15, 0.2) is 0 Å². The van der Waals surface area contributed by atoms with E-state index in [2.05, 4.69) is 12.2 Å². The van der Waals surface area contributed by atoms with Gasteiger partial charge in [-0.2, -0.15) is 0 Å². The molecule has 0 radical (unpaired) electrons. The van der Waals surface area contributed by atoms with Crippen LogP contribution in [-0.4, -0.2) is 7.94 Å². The van der Waals surface area contributed by atoms with Crippen molar-refractivity contribution in [3.05, 3.63) is 0 Å². The van der Waals surface area contributed by atoms with Gasteiger partial charge in [0.15, 0.2) is 0 Å². The van der Waals surface area contributed by atoms with E-state index in [-0.39, 0.29) is 0 Å². The highest BCUT2D eigenvalue weighted by molar-refractivity contribution is 8.40. The van der Waals surface area contributed by atoms with Crippen molar-refractivity contribution in [2.24, 2.45) is 0 Å². The zero-order valence-corrected chi connectivity index (χ0v) is 4.18. The van der Waals surface area contributed by atoms with Crippen molar-refractivity contribution < 1.29 is 0 Å². The van der Waals surface area contributed by atoms with E-state index >= 15 is 0 Å². The molecule has 0 amide bonds. The normalized spacial score (nSPS) is 27.0. The number of nitrogens with one attached hydrogen (secondary N) is 1. The lowest BCUT2D eigenvalue weighted by atomic mass is 12.0. The maximum Gasteiger partial charge on any atom is 0.0871 e. The molecule has 4 heavy (non-hydrogen) atoms. The van der Waals surface area contributed by atoms with E-state index in [1.807, 2.05) is 0 Å². The Kier molecular flexibility index (Phi) is 1.30. The quantitative estimate of drug-likeness (QED) is 0.337. The van der Waals surface area contributed by atoms with Gasteiger partial charge in [-0.05, 0) is 6.66 Å². The first kappa shape index (κ1) is 2.80. The first-order valence-corrected chi connectivity index (χ1v) is 3.81. The van der Waals surface area contributed by atoms with Crippen molar-refractivity contribution in [3.63, 3.8) is 0 Å². The molecule has 0 heterocycles. The second-order valence-electron chi connectivity index (χ2n) is 0.524. The maximum absolute atomic E-state index is 6.58. The molecule has 0 bridgehead atoms. The van der Waals surface area contributed by atoms with Crippen LogP contribution in [0.4, 0.5) is 0 Å². The second-order valence-corrected chi connectivity index (χ2v) is 3.37. The van der Waals surface area contributed by atoms with Crippen LogP contribution in [-0.2, 0) is 0 Å². The summed E-state index contributed by atoms with van der Waals surface area (Å²) in [6.45, 7) is -0.698. The molecule has 0 aliphatic heterocycles. The Labute approximate surface area is 33.1 Å². The summed E-state index contributed by atoms with van der Waals surface area (Å²) in [5, 5.41) is 6.58. The zero-order valence-electron chi connectivity index (χ0n) is 3.39. The Hall–Kier alpha value is 0.580. The van der Waals surface area contributed by atoms with Gasteiger partial charge in [-0.1, -0.05) is 0 Å². The highest BCUT2D eigenvalue weighted by Gasteiger charge is 1.52. The summed E-state index contributed by atoms with van der Waals surface area (Å²) in [5.74, 6) is 0. The molecule has 1 nitrogen and oxygen atoms in total. The molecule has 0 rings (SSSR count). The fourth-order valence-corrected chi connectivity index (χ4v) is 0. The van der Waals surface area contributed by atoms with Crippen molar-refractivity contribution >= 4 is 19.1 Å². The molecule has 1 unspecified atom stereocenters. The third-order valence-corrected chi connectivity index (χ3v) is 0. The predicted octanol–water partition coefficient (Wildman–Crippen LogP) is 1.44. The van der Waals surface area contributed by atoms with Gasteiger partial charge >= 0.3 is 0 Å². The summed E-state index contributed by atoms with van der Waals surface area (Å²) < 4.78 is 6.58. The Morgan fingerprint density at radius 3 is 2.50 bits per heavy atom. The topological polar surface area (TPSA) is 23.9 Å². The van der Waals surface area contributed by atoms with Crippen LogP contribution in [0.3, 0.4) is 0 Å². The lowest BCUT2D eigenvalue weighted by Crippen LogP contribution is -1.15. The smallest absolute Gasteiger partial charge is 0.0871 e. The molecule has 0 aromatic rings. The monoisotopic (exact) mass is 97.0 g/mol. The Bertz CT molecular complexity index is 57.8. The van der Waals surface area contributed by atoms with Gasteiger partial charge < -0.3 is 5.16 Å².